The molecule has 0 fully saturated rings. The minimum absolute atomic E-state index is 0.154. The van der Waals surface area contributed by atoms with Crippen LogP contribution in [-0.4, -0.2) is 29.3 Å². The van der Waals surface area contributed by atoms with Gasteiger partial charge in [0.05, 0.1) is 13.1 Å². The average molecular weight is 299 g/mol. The van der Waals surface area contributed by atoms with Crippen LogP contribution in [0.2, 0.25) is 0 Å². The Kier molecular flexibility index (Phi) is 4.14. The summed E-state index contributed by atoms with van der Waals surface area (Å²) in [6, 6.07) is 14.4. The van der Waals surface area contributed by atoms with Crippen molar-refractivity contribution in [1.29, 1.82) is 0 Å². The second-order valence-electron chi connectivity index (χ2n) is 5.10. The Hall–Kier alpha value is -2.69. The molecule has 2 aromatic rings. The van der Waals surface area contributed by atoms with Gasteiger partial charge < -0.3 is 19.5 Å². The molecule has 0 saturated heterocycles. The molecule has 5 nitrogen and oxygen atoms in total. The lowest BCUT2D eigenvalue weighted by molar-refractivity contribution is 0.0913. The van der Waals surface area contributed by atoms with Crippen LogP contribution in [0, 0.1) is 0 Å². The molecule has 0 atom stereocenters. The van der Waals surface area contributed by atoms with Gasteiger partial charge >= 0.3 is 6.09 Å². The Balaban J connectivity index is 1.65. The summed E-state index contributed by atoms with van der Waals surface area (Å²) < 4.78 is 10.9. The zero-order valence-electron chi connectivity index (χ0n) is 12.1. The summed E-state index contributed by atoms with van der Waals surface area (Å²) in [6.45, 7) is 1.45. The van der Waals surface area contributed by atoms with Crippen LogP contribution >= 0.6 is 0 Å². The zero-order chi connectivity index (χ0) is 15.4. The molecule has 1 aliphatic heterocycles. The Morgan fingerprint density at radius 2 is 2.05 bits per heavy atom. The minimum atomic E-state index is -0.386. The predicted octanol–water partition coefficient (Wildman–Crippen LogP) is 2.92. The van der Waals surface area contributed by atoms with E-state index in [2.05, 4.69) is 0 Å². The molecule has 1 N–H and O–H groups in total. The topological polar surface area (TPSA) is 59.0 Å². The lowest BCUT2D eigenvalue weighted by Crippen LogP contribution is -2.32. The standard InChI is InChI=1S/C17H17NO4/c19-15-6-7-16-14(10-15)11-18(8-9-21-16)17(20)22-12-13-4-2-1-3-5-13/h1-7,10,19H,8-9,11-12H2. The van der Waals surface area contributed by atoms with Crippen molar-refractivity contribution >= 4 is 6.09 Å². The second kappa shape index (κ2) is 6.39. The van der Waals surface area contributed by atoms with Crippen molar-refractivity contribution in [3.8, 4) is 11.5 Å². The van der Waals surface area contributed by atoms with Gasteiger partial charge in [-0.15, -0.1) is 0 Å². The molecule has 0 aromatic heterocycles. The molecular weight excluding hydrogens is 282 g/mol. The molecule has 0 unspecified atom stereocenters. The highest BCUT2D eigenvalue weighted by Crippen LogP contribution is 2.27. The van der Waals surface area contributed by atoms with Gasteiger partial charge in [0.25, 0.3) is 0 Å². The maximum Gasteiger partial charge on any atom is 0.410 e. The molecule has 3 rings (SSSR count). The number of ether oxygens (including phenoxy) is 2. The van der Waals surface area contributed by atoms with E-state index in [4.69, 9.17) is 9.47 Å². The Labute approximate surface area is 128 Å². The SMILES string of the molecule is O=C(OCc1ccccc1)N1CCOc2ccc(O)cc2C1. The third kappa shape index (κ3) is 3.31. The molecule has 0 spiro atoms. The maximum atomic E-state index is 12.2. The number of carbonyl (C=O) groups excluding carboxylic acids is 1. The Morgan fingerprint density at radius 3 is 2.86 bits per heavy atom. The number of phenolic OH excluding ortho intramolecular Hbond substituents is 1. The first-order valence-electron chi connectivity index (χ1n) is 7.13. The van der Waals surface area contributed by atoms with E-state index in [1.165, 1.54) is 0 Å². The van der Waals surface area contributed by atoms with Gasteiger partial charge in [-0.25, -0.2) is 4.79 Å². The third-order valence-electron chi connectivity index (χ3n) is 3.49. The van der Waals surface area contributed by atoms with E-state index < -0.39 is 0 Å². The molecule has 0 bridgehead atoms. The number of amides is 1. The van der Waals surface area contributed by atoms with Crippen molar-refractivity contribution in [1.82, 2.24) is 4.90 Å². The highest BCUT2D eigenvalue weighted by atomic mass is 16.6. The highest BCUT2D eigenvalue weighted by Gasteiger charge is 2.21. The van der Waals surface area contributed by atoms with Crippen LogP contribution in [0.3, 0.4) is 0 Å². The molecule has 1 heterocycles. The number of aromatic hydroxyl groups is 1. The van der Waals surface area contributed by atoms with E-state index in [1.54, 1.807) is 23.1 Å². The summed E-state index contributed by atoms with van der Waals surface area (Å²) in [7, 11) is 0. The average Bonchev–Trinajstić information content (AvgIpc) is 2.75. The van der Waals surface area contributed by atoms with Crippen molar-refractivity contribution in [2.24, 2.45) is 0 Å². The number of carbonyl (C=O) groups is 1. The van der Waals surface area contributed by atoms with Gasteiger partial charge in [-0.1, -0.05) is 30.3 Å². The third-order valence-corrected chi connectivity index (χ3v) is 3.49. The molecule has 0 radical (unpaired) electrons. The monoisotopic (exact) mass is 299 g/mol. The van der Waals surface area contributed by atoms with E-state index in [-0.39, 0.29) is 18.4 Å². The molecule has 22 heavy (non-hydrogen) atoms. The summed E-state index contributed by atoms with van der Waals surface area (Å²) in [5, 5.41) is 9.57. The number of phenols is 1. The smallest absolute Gasteiger partial charge is 0.410 e. The summed E-state index contributed by atoms with van der Waals surface area (Å²) in [6.07, 6.45) is -0.386. The van der Waals surface area contributed by atoms with E-state index in [9.17, 15) is 9.90 Å². The summed E-state index contributed by atoms with van der Waals surface area (Å²) in [4.78, 5) is 13.8. The summed E-state index contributed by atoms with van der Waals surface area (Å²) >= 11 is 0. The van der Waals surface area contributed by atoms with Crippen LogP contribution in [-0.2, 0) is 17.9 Å². The molecule has 1 aliphatic rings. The number of nitrogens with zero attached hydrogens (tertiary/aromatic N) is 1. The first kappa shape index (κ1) is 14.3. The lowest BCUT2D eigenvalue weighted by Gasteiger charge is -2.19. The molecule has 0 saturated carbocycles. The van der Waals surface area contributed by atoms with Crippen molar-refractivity contribution < 1.29 is 19.4 Å². The number of benzene rings is 2. The fourth-order valence-corrected chi connectivity index (χ4v) is 2.35. The van der Waals surface area contributed by atoms with Crippen LogP contribution < -0.4 is 4.74 Å². The van der Waals surface area contributed by atoms with Gasteiger partial charge in [0.15, 0.2) is 0 Å². The van der Waals surface area contributed by atoms with Crippen LogP contribution in [0.25, 0.3) is 0 Å². The largest absolute Gasteiger partial charge is 0.508 e. The fraction of sp³-hybridized carbons (Fsp3) is 0.235. The lowest BCUT2D eigenvalue weighted by atomic mass is 10.2. The summed E-state index contributed by atoms with van der Waals surface area (Å²) in [5.74, 6) is 0.845. The van der Waals surface area contributed by atoms with Crippen molar-refractivity contribution in [3.05, 3.63) is 59.7 Å². The van der Waals surface area contributed by atoms with Gasteiger partial charge in [-0.2, -0.15) is 0 Å². The first-order chi connectivity index (χ1) is 10.7. The van der Waals surface area contributed by atoms with E-state index in [0.717, 1.165) is 11.1 Å². The van der Waals surface area contributed by atoms with Crippen LogP contribution in [0.1, 0.15) is 11.1 Å². The second-order valence-corrected chi connectivity index (χ2v) is 5.10. The molecule has 114 valence electrons. The number of hydrogen-bond donors (Lipinski definition) is 1. The molecule has 0 aliphatic carbocycles. The quantitative estimate of drug-likeness (QED) is 0.926. The van der Waals surface area contributed by atoms with Gasteiger partial charge in [0, 0.05) is 5.56 Å². The molecule has 5 heteroatoms. The number of fused-ring (bicyclic) bond motifs is 1. The minimum Gasteiger partial charge on any atom is -0.508 e. The zero-order valence-corrected chi connectivity index (χ0v) is 12.1. The van der Waals surface area contributed by atoms with Crippen LogP contribution in [0.15, 0.2) is 48.5 Å². The van der Waals surface area contributed by atoms with Gasteiger partial charge in [-0.3, -0.25) is 0 Å². The highest BCUT2D eigenvalue weighted by molar-refractivity contribution is 5.68. The summed E-state index contributed by atoms with van der Waals surface area (Å²) in [5.41, 5.74) is 1.72. The number of hydrogen-bond acceptors (Lipinski definition) is 4. The van der Waals surface area contributed by atoms with Crippen molar-refractivity contribution in [2.75, 3.05) is 13.2 Å². The fourth-order valence-electron chi connectivity index (χ4n) is 2.35. The normalized spacial score (nSPS) is 13.7. The van der Waals surface area contributed by atoms with Crippen LogP contribution in [0.4, 0.5) is 4.79 Å². The van der Waals surface area contributed by atoms with Gasteiger partial charge in [0.2, 0.25) is 0 Å². The molecule has 1 amide bonds. The van der Waals surface area contributed by atoms with E-state index in [1.807, 2.05) is 30.3 Å². The van der Waals surface area contributed by atoms with Crippen LogP contribution in [0.5, 0.6) is 11.5 Å². The molecule has 2 aromatic carbocycles. The van der Waals surface area contributed by atoms with E-state index in [0.29, 0.717) is 25.4 Å². The van der Waals surface area contributed by atoms with Crippen molar-refractivity contribution in [2.45, 2.75) is 13.2 Å². The Morgan fingerprint density at radius 1 is 1.23 bits per heavy atom. The maximum absolute atomic E-state index is 12.2. The molecular formula is C17H17NO4. The van der Waals surface area contributed by atoms with E-state index >= 15 is 0 Å². The predicted molar refractivity (Wildman–Crippen MR) is 80.6 cm³/mol. The van der Waals surface area contributed by atoms with Gasteiger partial charge in [-0.05, 0) is 23.8 Å². The van der Waals surface area contributed by atoms with Crippen molar-refractivity contribution in [3.63, 3.8) is 0 Å². The van der Waals surface area contributed by atoms with Gasteiger partial charge in [0.1, 0.15) is 24.7 Å². The first-order valence-corrected chi connectivity index (χ1v) is 7.13. The Bertz CT molecular complexity index is 657. The number of rotatable bonds is 2.